The van der Waals surface area contributed by atoms with Gasteiger partial charge in [0.25, 0.3) is 5.91 Å². The highest BCUT2D eigenvalue weighted by atomic mass is 32.1. The first-order valence-electron chi connectivity index (χ1n) is 8.24. The van der Waals surface area contributed by atoms with Crippen LogP contribution < -0.4 is 0 Å². The van der Waals surface area contributed by atoms with Crippen molar-refractivity contribution >= 4 is 23.2 Å². The van der Waals surface area contributed by atoms with Crippen LogP contribution in [0.3, 0.4) is 0 Å². The lowest BCUT2D eigenvalue weighted by Gasteiger charge is -2.23. The topological polar surface area (TPSA) is 66.8 Å². The molecule has 0 spiro atoms. The zero-order chi connectivity index (χ0) is 18.9. The summed E-state index contributed by atoms with van der Waals surface area (Å²) in [6, 6.07) is 7.94. The Bertz CT molecular complexity index is 833. The summed E-state index contributed by atoms with van der Waals surface area (Å²) < 4.78 is 18.2. The van der Waals surface area contributed by atoms with Crippen molar-refractivity contribution < 1.29 is 23.8 Å². The third kappa shape index (κ3) is 3.37. The summed E-state index contributed by atoms with van der Waals surface area (Å²) in [5, 5.41) is 9.54. The fourth-order valence-electron chi connectivity index (χ4n) is 3.34. The van der Waals surface area contributed by atoms with Crippen LogP contribution in [0, 0.1) is 18.2 Å². The Morgan fingerprint density at radius 1 is 1.35 bits per heavy atom. The average Bonchev–Trinajstić information content (AvgIpc) is 3.20. The smallest absolute Gasteiger partial charge is 0.313 e. The molecule has 1 aromatic heterocycles. The van der Waals surface area contributed by atoms with Crippen molar-refractivity contribution in [3.05, 3.63) is 45.9 Å². The number of halogens is 1. The molecule has 0 saturated carbocycles. The summed E-state index contributed by atoms with van der Waals surface area (Å²) in [5.74, 6) is -1.42. The molecule has 1 amide bonds. The number of carboxylic acids is 1. The van der Waals surface area contributed by atoms with Gasteiger partial charge in [0, 0.05) is 25.1 Å². The lowest BCUT2D eigenvalue weighted by molar-refractivity contribution is -0.151. The van der Waals surface area contributed by atoms with E-state index in [9.17, 15) is 19.1 Å². The largest absolute Gasteiger partial charge is 0.481 e. The summed E-state index contributed by atoms with van der Waals surface area (Å²) >= 11 is 1.37. The van der Waals surface area contributed by atoms with E-state index in [4.69, 9.17) is 4.74 Å². The molecule has 1 aliphatic heterocycles. The second kappa shape index (κ2) is 7.17. The standard InChI is InChI=1S/C19H20FNO4S/c1-12-15(13-3-5-14(20)6-4-13)9-16(26-12)17(22)21-8-7-19(10-21,11-25-2)18(23)24/h3-6,9H,7-8,10-11H2,1-2H3,(H,23,24). The van der Waals surface area contributed by atoms with E-state index >= 15 is 0 Å². The minimum Gasteiger partial charge on any atom is -0.481 e. The Morgan fingerprint density at radius 3 is 2.65 bits per heavy atom. The first-order valence-corrected chi connectivity index (χ1v) is 9.06. The SMILES string of the molecule is COCC1(C(=O)O)CCN(C(=O)c2cc(-c3ccc(F)cc3)c(C)s2)C1. The van der Waals surface area contributed by atoms with Crippen LogP contribution in [0.1, 0.15) is 21.0 Å². The summed E-state index contributed by atoms with van der Waals surface area (Å²) in [7, 11) is 1.47. The molecule has 0 bridgehead atoms. The quantitative estimate of drug-likeness (QED) is 0.867. The molecule has 1 unspecified atom stereocenters. The molecule has 3 rings (SSSR count). The predicted octanol–water partition coefficient (Wildman–Crippen LogP) is 3.43. The first-order chi connectivity index (χ1) is 12.4. The molecule has 1 fully saturated rings. The van der Waals surface area contributed by atoms with Gasteiger partial charge < -0.3 is 14.7 Å². The number of carboxylic acid groups (broad SMARTS) is 1. The van der Waals surface area contributed by atoms with Gasteiger partial charge in [0.2, 0.25) is 0 Å². The highest BCUT2D eigenvalue weighted by molar-refractivity contribution is 7.14. The van der Waals surface area contributed by atoms with Crippen LogP contribution in [0.2, 0.25) is 0 Å². The van der Waals surface area contributed by atoms with Crippen molar-refractivity contribution in [1.29, 1.82) is 0 Å². The van der Waals surface area contributed by atoms with E-state index in [1.165, 1.54) is 30.6 Å². The Labute approximate surface area is 155 Å². The highest BCUT2D eigenvalue weighted by Gasteiger charge is 2.46. The van der Waals surface area contributed by atoms with Crippen LogP contribution in [-0.2, 0) is 9.53 Å². The highest BCUT2D eigenvalue weighted by Crippen LogP contribution is 2.35. The van der Waals surface area contributed by atoms with Crippen LogP contribution in [0.5, 0.6) is 0 Å². The zero-order valence-electron chi connectivity index (χ0n) is 14.6. The maximum absolute atomic E-state index is 13.1. The van der Waals surface area contributed by atoms with Gasteiger partial charge in [-0.15, -0.1) is 11.3 Å². The molecule has 1 N–H and O–H groups in total. The molecule has 5 nitrogen and oxygen atoms in total. The number of aliphatic carboxylic acids is 1. The first kappa shape index (κ1) is 18.5. The normalized spacial score (nSPS) is 19.7. The van der Waals surface area contributed by atoms with E-state index in [-0.39, 0.29) is 24.9 Å². The Balaban J connectivity index is 1.82. The molecule has 1 atom stereocenters. The van der Waals surface area contributed by atoms with E-state index in [1.54, 1.807) is 23.1 Å². The predicted molar refractivity (Wildman–Crippen MR) is 96.9 cm³/mol. The van der Waals surface area contributed by atoms with Crippen LogP contribution in [0.15, 0.2) is 30.3 Å². The van der Waals surface area contributed by atoms with Gasteiger partial charge in [0.1, 0.15) is 11.2 Å². The van der Waals surface area contributed by atoms with Crippen molar-refractivity contribution in [3.8, 4) is 11.1 Å². The number of carbonyl (C=O) groups excluding carboxylic acids is 1. The third-order valence-electron chi connectivity index (χ3n) is 4.80. The molecule has 1 saturated heterocycles. The molecular weight excluding hydrogens is 357 g/mol. The second-order valence-corrected chi connectivity index (χ2v) is 7.84. The number of rotatable bonds is 5. The Hall–Kier alpha value is -2.25. The molecule has 2 heterocycles. The zero-order valence-corrected chi connectivity index (χ0v) is 15.4. The van der Waals surface area contributed by atoms with Gasteiger partial charge in [0.15, 0.2) is 0 Å². The molecule has 26 heavy (non-hydrogen) atoms. The summed E-state index contributed by atoms with van der Waals surface area (Å²) in [6.45, 7) is 2.52. The number of ether oxygens (including phenoxy) is 1. The van der Waals surface area contributed by atoms with Crippen LogP contribution in [0.4, 0.5) is 4.39 Å². The minimum absolute atomic E-state index is 0.0798. The molecule has 0 aliphatic carbocycles. The molecule has 7 heteroatoms. The van der Waals surface area contributed by atoms with Crippen molar-refractivity contribution in [1.82, 2.24) is 4.90 Å². The van der Waals surface area contributed by atoms with Crippen LogP contribution in [-0.4, -0.2) is 48.7 Å². The summed E-state index contributed by atoms with van der Waals surface area (Å²) in [6.07, 6.45) is 0.372. The van der Waals surface area contributed by atoms with Crippen molar-refractivity contribution in [2.24, 2.45) is 5.41 Å². The van der Waals surface area contributed by atoms with E-state index in [1.807, 2.05) is 6.92 Å². The second-order valence-electron chi connectivity index (χ2n) is 6.58. The number of hydrogen-bond acceptors (Lipinski definition) is 4. The third-order valence-corrected chi connectivity index (χ3v) is 5.84. The van der Waals surface area contributed by atoms with Crippen LogP contribution in [0.25, 0.3) is 11.1 Å². The number of benzene rings is 1. The minimum atomic E-state index is -1.05. The number of carbonyl (C=O) groups is 2. The maximum Gasteiger partial charge on any atom is 0.313 e. The molecule has 1 aliphatic rings. The maximum atomic E-state index is 13.1. The molecule has 138 valence electrons. The molecule has 2 aromatic rings. The van der Waals surface area contributed by atoms with E-state index in [2.05, 4.69) is 0 Å². The van der Waals surface area contributed by atoms with Crippen molar-refractivity contribution in [2.45, 2.75) is 13.3 Å². The van der Waals surface area contributed by atoms with Gasteiger partial charge in [-0.25, -0.2) is 4.39 Å². The van der Waals surface area contributed by atoms with Gasteiger partial charge >= 0.3 is 5.97 Å². The fraction of sp³-hybridized carbons (Fsp3) is 0.368. The number of amides is 1. The monoisotopic (exact) mass is 377 g/mol. The van der Waals surface area contributed by atoms with Gasteiger partial charge in [-0.1, -0.05) is 12.1 Å². The van der Waals surface area contributed by atoms with E-state index in [0.29, 0.717) is 17.8 Å². The van der Waals surface area contributed by atoms with Crippen LogP contribution >= 0.6 is 11.3 Å². The molecule has 1 aromatic carbocycles. The van der Waals surface area contributed by atoms with Gasteiger partial charge in [-0.2, -0.15) is 0 Å². The van der Waals surface area contributed by atoms with Crippen molar-refractivity contribution in [3.63, 3.8) is 0 Å². The number of likely N-dealkylation sites (tertiary alicyclic amines) is 1. The molecule has 0 radical (unpaired) electrons. The summed E-state index contributed by atoms with van der Waals surface area (Å²) in [5.41, 5.74) is 0.690. The number of aryl methyl sites for hydroxylation is 1. The Morgan fingerprint density at radius 2 is 2.04 bits per heavy atom. The van der Waals surface area contributed by atoms with E-state index < -0.39 is 11.4 Å². The van der Waals surface area contributed by atoms with Gasteiger partial charge in [-0.3, -0.25) is 9.59 Å². The van der Waals surface area contributed by atoms with E-state index in [0.717, 1.165) is 16.0 Å². The van der Waals surface area contributed by atoms with Gasteiger partial charge in [-0.05, 0) is 42.7 Å². The van der Waals surface area contributed by atoms with Crippen molar-refractivity contribution in [2.75, 3.05) is 26.8 Å². The lowest BCUT2D eigenvalue weighted by atomic mass is 9.88. The lowest BCUT2D eigenvalue weighted by Crippen LogP contribution is -2.40. The number of nitrogens with zero attached hydrogens (tertiary/aromatic N) is 1. The fourth-order valence-corrected chi connectivity index (χ4v) is 4.35. The number of hydrogen-bond donors (Lipinski definition) is 1. The Kier molecular flexibility index (Phi) is 5.11. The average molecular weight is 377 g/mol. The van der Waals surface area contributed by atoms with Gasteiger partial charge in [0.05, 0.1) is 11.5 Å². The number of methoxy groups -OCH3 is 1. The summed E-state index contributed by atoms with van der Waals surface area (Å²) in [4.78, 5) is 27.6. The molecular formula is C19H20FNO4S. The number of thiophene rings is 1.